The normalized spacial score (nSPS) is 36.0. The van der Waals surface area contributed by atoms with Gasteiger partial charge in [0.25, 0.3) is 0 Å². The number of rotatable bonds is 5. The van der Waals surface area contributed by atoms with Gasteiger partial charge in [-0.25, -0.2) is 0 Å². The molecule has 2 heterocycles. The summed E-state index contributed by atoms with van der Waals surface area (Å²) in [5.41, 5.74) is -0.197. The van der Waals surface area contributed by atoms with Crippen LogP contribution in [0.1, 0.15) is 48.0 Å². The first-order valence-electron chi connectivity index (χ1n) is 8.54. The summed E-state index contributed by atoms with van der Waals surface area (Å²) >= 11 is 0. The molecule has 4 heteroatoms. The quantitative estimate of drug-likeness (QED) is 0.844. The van der Waals surface area contributed by atoms with Crippen molar-refractivity contribution in [3.05, 3.63) is 0 Å². The van der Waals surface area contributed by atoms with Crippen LogP contribution in [0.2, 0.25) is 0 Å². The molecule has 1 N–H and O–H groups in total. The van der Waals surface area contributed by atoms with Gasteiger partial charge in [-0.1, -0.05) is 6.92 Å². The van der Waals surface area contributed by atoms with Crippen LogP contribution in [0.3, 0.4) is 0 Å². The molecule has 2 saturated heterocycles. The van der Waals surface area contributed by atoms with E-state index in [0.717, 1.165) is 39.2 Å². The van der Waals surface area contributed by atoms with Crippen molar-refractivity contribution < 1.29 is 9.47 Å². The van der Waals surface area contributed by atoms with Crippen LogP contribution < -0.4 is 5.32 Å². The molecule has 4 nitrogen and oxygen atoms in total. The van der Waals surface area contributed by atoms with Gasteiger partial charge in [0.05, 0.1) is 23.9 Å². The predicted molar refractivity (Wildman–Crippen MR) is 86.7 cm³/mol. The van der Waals surface area contributed by atoms with Crippen LogP contribution in [0.15, 0.2) is 0 Å². The highest BCUT2D eigenvalue weighted by atomic mass is 16.5. The molecular weight excluding hydrogens is 264 g/mol. The van der Waals surface area contributed by atoms with Gasteiger partial charge < -0.3 is 14.8 Å². The molecular formula is C17H34N2O2. The monoisotopic (exact) mass is 298 g/mol. The zero-order chi connectivity index (χ0) is 15.7. The van der Waals surface area contributed by atoms with E-state index in [4.69, 9.17) is 9.47 Å². The lowest BCUT2D eigenvalue weighted by atomic mass is 9.82. The van der Waals surface area contributed by atoms with Crippen molar-refractivity contribution in [3.8, 4) is 0 Å². The Bertz CT molecular complexity index is 344. The van der Waals surface area contributed by atoms with Gasteiger partial charge in [-0.2, -0.15) is 0 Å². The van der Waals surface area contributed by atoms with Crippen molar-refractivity contribution in [1.29, 1.82) is 0 Å². The van der Waals surface area contributed by atoms with E-state index in [-0.39, 0.29) is 11.2 Å². The zero-order valence-corrected chi connectivity index (χ0v) is 14.7. The minimum atomic E-state index is -0.110. The lowest BCUT2D eigenvalue weighted by molar-refractivity contribution is -0.0835. The van der Waals surface area contributed by atoms with Crippen molar-refractivity contribution in [2.24, 2.45) is 5.92 Å². The third kappa shape index (κ3) is 3.98. The summed E-state index contributed by atoms with van der Waals surface area (Å²) in [6.45, 7) is 18.4. The van der Waals surface area contributed by atoms with Gasteiger partial charge in [0.1, 0.15) is 0 Å². The van der Waals surface area contributed by atoms with E-state index in [1.165, 1.54) is 0 Å². The second-order valence-corrected chi connectivity index (χ2v) is 7.79. The lowest BCUT2D eigenvalue weighted by Crippen LogP contribution is -2.53. The number of nitrogens with zero attached hydrogens (tertiary/aromatic N) is 1. The standard InChI is InChI=1S/C17H34N2O2/c1-7-8-18-15-14(16(3,4)21-17(15,5)6)12-19-9-10-20-13(2)11-19/h13-15,18H,7-12H2,1-6H3. The molecule has 21 heavy (non-hydrogen) atoms. The Morgan fingerprint density at radius 2 is 1.90 bits per heavy atom. The minimum Gasteiger partial charge on any atom is -0.376 e. The summed E-state index contributed by atoms with van der Waals surface area (Å²) < 4.78 is 12.1. The molecule has 0 aliphatic carbocycles. The van der Waals surface area contributed by atoms with Crippen LogP contribution in [-0.4, -0.2) is 61.0 Å². The maximum absolute atomic E-state index is 6.41. The smallest absolute Gasteiger partial charge is 0.0790 e. The topological polar surface area (TPSA) is 33.7 Å². The van der Waals surface area contributed by atoms with Crippen molar-refractivity contribution in [3.63, 3.8) is 0 Å². The first-order chi connectivity index (χ1) is 9.76. The largest absolute Gasteiger partial charge is 0.376 e. The van der Waals surface area contributed by atoms with Crippen LogP contribution in [0.4, 0.5) is 0 Å². The molecule has 0 aromatic carbocycles. The number of hydrogen-bond donors (Lipinski definition) is 1. The molecule has 2 fully saturated rings. The fourth-order valence-electron chi connectivity index (χ4n) is 4.05. The van der Waals surface area contributed by atoms with Gasteiger partial charge in [-0.3, -0.25) is 4.90 Å². The average Bonchev–Trinajstić information content (AvgIpc) is 2.52. The van der Waals surface area contributed by atoms with Crippen LogP contribution in [0.5, 0.6) is 0 Å². The second-order valence-electron chi connectivity index (χ2n) is 7.79. The Balaban J connectivity index is 2.08. The molecule has 0 aromatic rings. The first kappa shape index (κ1) is 17.2. The van der Waals surface area contributed by atoms with Crippen molar-refractivity contribution in [2.45, 2.75) is 71.3 Å². The summed E-state index contributed by atoms with van der Waals surface area (Å²) in [5, 5.41) is 3.75. The molecule has 0 aromatic heterocycles. The van der Waals surface area contributed by atoms with E-state index in [1.54, 1.807) is 0 Å². The van der Waals surface area contributed by atoms with Crippen molar-refractivity contribution in [1.82, 2.24) is 10.2 Å². The minimum absolute atomic E-state index is 0.0869. The molecule has 0 spiro atoms. The van der Waals surface area contributed by atoms with E-state index in [9.17, 15) is 0 Å². The molecule has 3 atom stereocenters. The first-order valence-corrected chi connectivity index (χ1v) is 8.54. The van der Waals surface area contributed by atoms with Gasteiger partial charge in [0.15, 0.2) is 0 Å². The predicted octanol–water partition coefficient (Wildman–Crippen LogP) is 2.28. The van der Waals surface area contributed by atoms with Crippen LogP contribution in [0, 0.1) is 5.92 Å². The number of morpholine rings is 1. The molecule has 0 radical (unpaired) electrons. The van der Waals surface area contributed by atoms with Crippen LogP contribution >= 0.6 is 0 Å². The third-order valence-corrected chi connectivity index (χ3v) is 4.96. The number of hydrogen-bond acceptors (Lipinski definition) is 4. The molecule has 2 aliphatic rings. The van der Waals surface area contributed by atoms with E-state index < -0.39 is 0 Å². The molecule has 2 rings (SSSR count). The van der Waals surface area contributed by atoms with Gasteiger partial charge in [0, 0.05) is 31.6 Å². The van der Waals surface area contributed by atoms with E-state index in [0.29, 0.717) is 18.1 Å². The van der Waals surface area contributed by atoms with Gasteiger partial charge in [-0.15, -0.1) is 0 Å². The number of nitrogens with one attached hydrogen (secondary N) is 1. The molecule has 3 unspecified atom stereocenters. The molecule has 0 saturated carbocycles. The Morgan fingerprint density at radius 3 is 2.52 bits per heavy atom. The summed E-state index contributed by atoms with van der Waals surface area (Å²) in [6, 6.07) is 0.408. The Hall–Kier alpha value is -0.160. The zero-order valence-electron chi connectivity index (χ0n) is 14.7. The lowest BCUT2D eigenvalue weighted by Gasteiger charge is -2.38. The highest BCUT2D eigenvalue weighted by molar-refractivity contribution is 5.06. The highest BCUT2D eigenvalue weighted by Gasteiger charge is 2.53. The summed E-state index contributed by atoms with van der Waals surface area (Å²) in [7, 11) is 0. The summed E-state index contributed by atoms with van der Waals surface area (Å²) in [4.78, 5) is 2.55. The molecule has 2 aliphatic heterocycles. The Morgan fingerprint density at radius 1 is 1.19 bits per heavy atom. The third-order valence-electron chi connectivity index (χ3n) is 4.96. The molecule has 0 bridgehead atoms. The van der Waals surface area contributed by atoms with Gasteiger partial charge in [-0.05, 0) is 47.6 Å². The SMILES string of the molecule is CCCNC1C(CN2CCOC(C)C2)C(C)(C)OC1(C)C. The van der Waals surface area contributed by atoms with Crippen molar-refractivity contribution in [2.75, 3.05) is 32.8 Å². The average molecular weight is 298 g/mol. The number of ether oxygens (including phenoxy) is 2. The fourth-order valence-corrected chi connectivity index (χ4v) is 4.05. The second kappa shape index (κ2) is 6.53. The Labute approximate surface area is 130 Å². The van der Waals surface area contributed by atoms with E-state index in [1.807, 2.05) is 0 Å². The van der Waals surface area contributed by atoms with Crippen LogP contribution in [-0.2, 0) is 9.47 Å². The maximum atomic E-state index is 6.41. The van der Waals surface area contributed by atoms with Crippen LogP contribution in [0.25, 0.3) is 0 Å². The van der Waals surface area contributed by atoms with Gasteiger partial charge in [0.2, 0.25) is 0 Å². The highest BCUT2D eigenvalue weighted by Crippen LogP contribution is 2.42. The fraction of sp³-hybridized carbons (Fsp3) is 1.00. The molecule has 124 valence electrons. The van der Waals surface area contributed by atoms with E-state index >= 15 is 0 Å². The van der Waals surface area contributed by atoms with E-state index in [2.05, 4.69) is 51.8 Å². The van der Waals surface area contributed by atoms with Gasteiger partial charge >= 0.3 is 0 Å². The summed E-state index contributed by atoms with van der Waals surface area (Å²) in [5.74, 6) is 0.504. The summed E-state index contributed by atoms with van der Waals surface area (Å²) in [6.07, 6.45) is 1.51. The molecule has 0 amide bonds. The van der Waals surface area contributed by atoms with Crippen molar-refractivity contribution >= 4 is 0 Å². The maximum Gasteiger partial charge on any atom is 0.0790 e. The Kier molecular flexibility index (Phi) is 5.35.